The largest absolute Gasteiger partial charge is 0.322 e. The van der Waals surface area contributed by atoms with Crippen LogP contribution < -0.4 is 9.62 Å². The number of benzene rings is 2. The molecule has 4 aromatic rings. The zero-order chi connectivity index (χ0) is 23.2. The summed E-state index contributed by atoms with van der Waals surface area (Å²) >= 11 is 6.33. The summed E-state index contributed by atoms with van der Waals surface area (Å²) in [5.41, 5.74) is 4.82. The molecule has 2 aromatic carbocycles. The number of amides is 1. The minimum absolute atomic E-state index is 0.115. The SMILES string of the molecule is Cc1ccc(NC(=O)c2ccc(N3CCS3(=O)=O)cc2Cl)cc1-c1nccc2ncccc12. The summed E-state index contributed by atoms with van der Waals surface area (Å²) in [7, 11) is -3.26. The molecule has 0 unspecified atom stereocenters. The number of carbonyl (C=O) groups excluding carboxylic acids is 1. The summed E-state index contributed by atoms with van der Waals surface area (Å²) in [5, 5.41) is 3.98. The van der Waals surface area contributed by atoms with Crippen LogP contribution >= 0.6 is 11.6 Å². The monoisotopic (exact) mass is 478 g/mol. The van der Waals surface area contributed by atoms with E-state index in [1.54, 1.807) is 18.5 Å². The number of anilines is 2. The van der Waals surface area contributed by atoms with Crippen LogP contribution in [0.15, 0.2) is 67.0 Å². The normalized spacial score (nSPS) is 14.7. The number of nitrogens with zero attached hydrogens (tertiary/aromatic N) is 3. The number of carbonyl (C=O) groups is 1. The van der Waals surface area contributed by atoms with Gasteiger partial charge in [0.15, 0.2) is 0 Å². The lowest BCUT2D eigenvalue weighted by Gasteiger charge is -2.32. The molecule has 0 radical (unpaired) electrons. The van der Waals surface area contributed by atoms with Crippen molar-refractivity contribution in [2.75, 3.05) is 21.9 Å². The number of halogens is 1. The van der Waals surface area contributed by atoms with E-state index in [1.165, 1.54) is 16.4 Å². The second-order valence-electron chi connectivity index (χ2n) is 7.77. The molecule has 1 saturated heterocycles. The zero-order valence-electron chi connectivity index (χ0n) is 17.6. The fourth-order valence-electron chi connectivity index (χ4n) is 3.84. The summed E-state index contributed by atoms with van der Waals surface area (Å²) < 4.78 is 25.0. The van der Waals surface area contributed by atoms with E-state index in [2.05, 4.69) is 15.3 Å². The molecule has 0 bridgehead atoms. The Kier molecular flexibility index (Phi) is 5.26. The standard InChI is InChI=1S/C24H19ClN4O3S/c1-15-4-5-16(13-20(15)23-19-3-2-9-26-22(19)8-10-27-23)28-24(30)18-7-6-17(14-21(18)25)29-11-12-33(29,31)32/h2-10,13-14H,11-12H2,1H3,(H,28,30). The predicted octanol–water partition coefficient (Wildman–Crippen LogP) is 4.66. The topological polar surface area (TPSA) is 92.3 Å². The first-order chi connectivity index (χ1) is 15.8. The van der Waals surface area contributed by atoms with Gasteiger partial charge in [0, 0.05) is 35.6 Å². The third-order valence-electron chi connectivity index (χ3n) is 5.65. The molecular formula is C24H19ClN4O3S. The zero-order valence-corrected chi connectivity index (χ0v) is 19.2. The van der Waals surface area contributed by atoms with Gasteiger partial charge in [-0.3, -0.25) is 19.1 Å². The van der Waals surface area contributed by atoms with Gasteiger partial charge in [0.2, 0.25) is 10.0 Å². The fourth-order valence-corrected chi connectivity index (χ4v) is 5.19. The Hall–Kier alpha value is -3.49. The molecule has 3 heterocycles. The maximum atomic E-state index is 12.9. The third kappa shape index (κ3) is 3.92. The minimum Gasteiger partial charge on any atom is -0.322 e. The molecule has 0 aliphatic carbocycles. The van der Waals surface area contributed by atoms with Crippen LogP contribution in [0.2, 0.25) is 5.02 Å². The third-order valence-corrected chi connectivity index (χ3v) is 7.73. The molecule has 0 atom stereocenters. The van der Waals surface area contributed by atoms with Gasteiger partial charge < -0.3 is 5.32 Å². The quantitative estimate of drug-likeness (QED) is 0.460. The molecule has 1 fully saturated rings. The Morgan fingerprint density at radius 3 is 2.64 bits per heavy atom. The number of fused-ring (bicyclic) bond motifs is 1. The summed E-state index contributed by atoms with van der Waals surface area (Å²) in [6, 6.07) is 15.9. The van der Waals surface area contributed by atoms with Crippen LogP contribution in [0.25, 0.3) is 22.2 Å². The fraction of sp³-hybridized carbons (Fsp3) is 0.125. The van der Waals surface area contributed by atoms with Crippen LogP contribution in [0.5, 0.6) is 0 Å². The molecule has 7 nitrogen and oxygen atoms in total. The van der Waals surface area contributed by atoms with Crippen LogP contribution in [0, 0.1) is 6.92 Å². The van der Waals surface area contributed by atoms with Crippen LogP contribution in [-0.2, 0) is 10.0 Å². The van der Waals surface area contributed by atoms with E-state index in [1.807, 2.05) is 43.3 Å². The molecule has 9 heteroatoms. The second kappa shape index (κ2) is 8.13. The van der Waals surface area contributed by atoms with Crippen molar-refractivity contribution in [3.05, 3.63) is 83.1 Å². The van der Waals surface area contributed by atoms with Crippen LogP contribution in [0.1, 0.15) is 15.9 Å². The molecule has 0 spiro atoms. The van der Waals surface area contributed by atoms with E-state index in [9.17, 15) is 13.2 Å². The molecule has 166 valence electrons. The Morgan fingerprint density at radius 1 is 1.06 bits per heavy atom. The highest BCUT2D eigenvalue weighted by atomic mass is 35.5. The lowest BCUT2D eigenvalue weighted by Crippen LogP contribution is -2.47. The summed E-state index contributed by atoms with van der Waals surface area (Å²) in [4.78, 5) is 21.9. The van der Waals surface area contributed by atoms with E-state index < -0.39 is 10.0 Å². The summed E-state index contributed by atoms with van der Waals surface area (Å²) in [6.45, 7) is 2.39. The van der Waals surface area contributed by atoms with E-state index in [-0.39, 0.29) is 22.2 Å². The van der Waals surface area contributed by atoms with Gasteiger partial charge in [0.05, 0.1) is 33.2 Å². The van der Waals surface area contributed by atoms with Crippen molar-refractivity contribution in [1.29, 1.82) is 0 Å². The van der Waals surface area contributed by atoms with Gasteiger partial charge in [0.1, 0.15) is 0 Å². The van der Waals surface area contributed by atoms with Crippen LogP contribution in [0.4, 0.5) is 11.4 Å². The lowest BCUT2D eigenvalue weighted by molar-refractivity contribution is 0.102. The number of sulfonamides is 1. The molecular weight excluding hydrogens is 460 g/mol. The highest BCUT2D eigenvalue weighted by Gasteiger charge is 2.33. The lowest BCUT2D eigenvalue weighted by atomic mass is 10.0. The van der Waals surface area contributed by atoms with Gasteiger partial charge in [-0.05, 0) is 61.0 Å². The number of nitrogens with one attached hydrogen (secondary N) is 1. The van der Waals surface area contributed by atoms with Gasteiger partial charge in [-0.25, -0.2) is 8.42 Å². The first kappa shape index (κ1) is 21.4. The van der Waals surface area contributed by atoms with Crippen molar-refractivity contribution < 1.29 is 13.2 Å². The van der Waals surface area contributed by atoms with E-state index >= 15 is 0 Å². The van der Waals surface area contributed by atoms with Crippen molar-refractivity contribution >= 4 is 49.8 Å². The maximum absolute atomic E-state index is 12.9. The average molecular weight is 479 g/mol. The van der Waals surface area contributed by atoms with Crippen LogP contribution in [-0.4, -0.2) is 36.6 Å². The van der Waals surface area contributed by atoms with Gasteiger partial charge in [0.25, 0.3) is 5.91 Å². The first-order valence-electron chi connectivity index (χ1n) is 10.3. The van der Waals surface area contributed by atoms with Crippen molar-refractivity contribution in [3.8, 4) is 11.3 Å². The number of aryl methyl sites for hydroxylation is 1. The van der Waals surface area contributed by atoms with Crippen molar-refractivity contribution in [2.24, 2.45) is 0 Å². The van der Waals surface area contributed by atoms with Crippen molar-refractivity contribution in [2.45, 2.75) is 6.92 Å². The smallest absolute Gasteiger partial charge is 0.257 e. The van der Waals surface area contributed by atoms with E-state index in [4.69, 9.17) is 11.6 Å². The van der Waals surface area contributed by atoms with Gasteiger partial charge in [-0.15, -0.1) is 0 Å². The molecule has 1 amide bonds. The van der Waals surface area contributed by atoms with Gasteiger partial charge in [-0.2, -0.15) is 0 Å². The molecule has 1 aliphatic heterocycles. The molecule has 33 heavy (non-hydrogen) atoms. The molecule has 1 aliphatic rings. The molecule has 2 aromatic heterocycles. The number of aromatic nitrogens is 2. The number of hydrogen-bond acceptors (Lipinski definition) is 5. The molecule has 0 saturated carbocycles. The Bertz CT molecular complexity index is 1520. The van der Waals surface area contributed by atoms with Crippen molar-refractivity contribution in [1.82, 2.24) is 9.97 Å². The number of rotatable bonds is 4. The second-order valence-corrected chi connectivity index (χ2v) is 10.2. The highest BCUT2D eigenvalue weighted by molar-refractivity contribution is 7.94. The van der Waals surface area contributed by atoms with Gasteiger partial charge >= 0.3 is 0 Å². The molecule has 1 N–H and O–H groups in total. The molecule has 5 rings (SSSR count). The highest BCUT2D eigenvalue weighted by Crippen LogP contribution is 2.32. The van der Waals surface area contributed by atoms with Crippen molar-refractivity contribution in [3.63, 3.8) is 0 Å². The minimum atomic E-state index is -3.26. The first-order valence-corrected chi connectivity index (χ1v) is 12.2. The van der Waals surface area contributed by atoms with E-state index in [0.717, 1.165) is 27.7 Å². The summed E-state index contributed by atoms with van der Waals surface area (Å²) in [6.07, 6.45) is 3.46. The average Bonchev–Trinajstić information content (AvgIpc) is 2.79. The summed E-state index contributed by atoms with van der Waals surface area (Å²) in [5.74, 6) is -0.273. The van der Waals surface area contributed by atoms with E-state index in [0.29, 0.717) is 17.9 Å². The van der Waals surface area contributed by atoms with Crippen LogP contribution in [0.3, 0.4) is 0 Å². The maximum Gasteiger partial charge on any atom is 0.257 e. The Balaban J connectivity index is 1.44. The predicted molar refractivity (Wildman–Crippen MR) is 130 cm³/mol. The Morgan fingerprint density at radius 2 is 1.91 bits per heavy atom. The van der Waals surface area contributed by atoms with Gasteiger partial charge in [-0.1, -0.05) is 17.7 Å². The Labute approximate surface area is 196 Å². The number of pyridine rings is 2. The number of hydrogen-bond donors (Lipinski definition) is 1.